The third-order valence-corrected chi connectivity index (χ3v) is 2.97. The van der Waals surface area contributed by atoms with Crippen molar-refractivity contribution in [1.29, 1.82) is 0 Å². The van der Waals surface area contributed by atoms with E-state index in [1.165, 1.54) is 12.3 Å². The van der Waals surface area contributed by atoms with E-state index in [4.69, 9.17) is 10.5 Å². The number of rotatable bonds is 4. The molecule has 2 amide bonds. The van der Waals surface area contributed by atoms with Crippen molar-refractivity contribution in [3.63, 3.8) is 0 Å². The molecule has 2 atom stereocenters. The molecule has 3 N–H and O–H groups in total. The van der Waals surface area contributed by atoms with Crippen molar-refractivity contribution in [2.45, 2.75) is 32.0 Å². The first-order valence-electron chi connectivity index (χ1n) is 6.93. The van der Waals surface area contributed by atoms with Crippen molar-refractivity contribution in [3.05, 3.63) is 49.3 Å². The first-order chi connectivity index (χ1) is 10.5. The number of allylic oxidation sites excluding steroid dienone is 2. The number of carbonyl (C=O) groups is 2. The molecule has 0 aliphatic carbocycles. The molecule has 1 aliphatic heterocycles. The molecule has 22 heavy (non-hydrogen) atoms. The quantitative estimate of drug-likeness (QED) is 0.832. The van der Waals surface area contributed by atoms with Crippen LogP contribution in [0, 0.1) is 0 Å². The van der Waals surface area contributed by atoms with E-state index in [-0.39, 0.29) is 17.7 Å². The Bertz CT molecular complexity index is 551. The van der Waals surface area contributed by atoms with Crippen molar-refractivity contribution in [1.82, 2.24) is 4.98 Å². The molecular formula is C16H21N3O3. The lowest BCUT2D eigenvalue weighted by Gasteiger charge is -2.11. The van der Waals surface area contributed by atoms with Gasteiger partial charge in [-0.3, -0.25) is 14.6 Å². The summed E-state index contributed by atoms with van der Waals surface area (Å²) in [6, 6.07) is 3.04. The first kappa shape index (κ1) is 17.6. The molecule has 0 saturated carbocycles. The highest BCUT2D eigenvalue weighted by molar-refractivity contribution is 5.96. The van der Waals surface area contributed by atoms with Crippen molar-refractivity contribution < 1.29 is 14.3 Å². The summed E-state index contributed by atoms with van der Waals surface area (Å²) in [6.07, 6.45) is 5.97. The third-order valence-electron chi connectivity index (χ3n) is 2.97. The standard InChI is InChI=1S/C12H15N3O3.C4H6/c1-7-2-3-10(18-7)12(17)15-8-4-5-14-9(6-8)11(13)16;1-3-4-2/h4-7,10H,2-3H2,1H3,(H2,13,16)(H,14,15,17);3-4H,1-2H2. The van der Waals surface area contributed by atoms with Gasteiger partial charge in [-0.25, -0.2) is 0 Å². The number of hydrogen-bond acceptors (Lipinski definition) is 4. The van der Waals surface area contributed by atoms with Gasteiger partial charge in [-0.2, -0.15) is 0 Å². The van der Waals surface area contributed by atoms with Crippen LogP contribution in [0.1, 0.15) is 30.3 Å². The maximum absolute atomic E-state index is 11.9. The summed E-state index contributed by atoms with van der Waals surface area (Å²) in [6.45, 7) is 8.66. The summed E-state index contributed by atoms with van der Waals surface area (Å²) in [5.41, 5.74) is 5.73. The third kappa shape index (κ3) is 5.49. The fraction of sp³-hybridized carbons (Fsp3) is 0.312. The molecule has 6 heteroatoms. The Morgan fingerprint density at radius 3 is 2.59 bits per heavy atom. The number of aromatic nitrogens is 1. The van der Waals surface area contributed by atoms with Crippen LogP contribution in [0.2, 0.25) is 0 Å². The van der Waals surface area contributed by atoms with Gasteiger partial charge in [0.2, 0.25) is 0 Å². The van der Waals surface area contributed by atoms with Gasteiger partial charge in [-0.05, 0) is 31.9 Å². The Hall–Kier alpha value is -2.47. The number of ether oxygens (including phenoxy) is 1. The second-order valence-electron chi connectivity index (χ2n) is 4.77. The van der Waals surface area contributed by atoms with Crippen LogP contribution in [0.4, 0.5) is 5.69 Å². The predicted octanol–water partition coefficient (Wildman–Crippen LogP) is 2.04. The molecule has 2 unspecified atom stereocenters. The predicted molar refractivity (Wildman–Crippen MR) is 85.3 cm³/mol. The number of nitrogens with one attached hydrogen (secondary N) is 1. The van der Waals surface area contributed by atoms with Gasteiger partial charge in [0.15, 0.2) is 0 Å². The largest absolute Gasteiger partial charge is 0.365 e. The lowest BCUT2D eigenvalue weighted by molar-refractivity contribution is -0.126. The number of amides is 2. The summed E-state index contributed by atoms with van der Waals surface area (Å²) in [7, 11) is 0. The number of hydrogen-bond donors (Lipinski definition) is 2. The van der Waals surface area contributed by atoms with E-state index in [0.717, 1.165) is 6.42 Å². The van der Waals surface area contributed by atoms with Crippen LogP contribution in [0.15, 0.2) is 43.6 Å². The highest BCUT2D eigenvalue weighted by atomic mass is 16.5. The smallest absolute Gasteiger partial charge is 0.267 e. The molecule has 1 aliphatic rings. The zero-order valence-electron chi connectivity index (χ0n) is 12.6. The van der Waals surface area contributed by atoms with Gasteiger partial charge in [0.25, 0.3) is 11.8 Å². The second kappa shape index (κ2) is 8.74. The van der Waals surface area contributed by atoms with Crippen molar-refractivity contribution in [2.24, 2.45) is 5.73 Å². The maximum atomic E-state index is 11.9. The summed E-state index contributed by atoms with van der Waals surface area (Å²) in [4.78, 5) is 26.6. The number of anilines is 1. The molecule has 1 fully saturated rings. The van der Waals surface area contributed by atoms with E-state index in [2.05, 4.69) is 23.5 Å². The monoisotopic (exact) mass is 303 g/mol. The van der Waals surface area contributed by atoms with Crippen LogP contribution < -0.4 is 11.1 Å². The zero-order chi connectivity index (χ0) is 16.5. The average Bonchev–Trinajstić information content (AvgIpc) is 2.94. The van der Waals surface area contributed by atoms with E-state index in [0.29, 0.717) is 12.1 Å². The fourth-order valence-corrected chi connectivity index (χ4v) is 1.86. The molecule has 0 spiro atoms. The van der Waals surface area contributed by atoms with Gasteiger partial charge in [0.1, 0.15) is 11.8 Å². The lowest BCUT2D eigenvalue weighted by atomic mass is 10.2. The minimum absolute atomic E-state index is 0.111. The first-order valence-corrected chi connectivity index (χ1v) is 6.93. The van der Waals surface area contributed by atoms with Crippen molar-refractivity contribution in [2.75, 3.05) is 5.32 Å². The highest BCUT2D eigenvalue weighted by Gasteiger charge is 2.28. The van der Waals surface area contributed by atoms with Crippen LogP contribution in [0.25, 0.3) is 0 Å². The van der Waals surface area contributed by atoms with Gasteiger partial charge in [-0.1, -0.05) is 25.3 Å². The number of carbonyl (C=O) groups excluding carboxylic acids is 2. The Morgan fingerprint density at radius 2 is 2.09 bits per heavy atom. The Kier molecular flexibility index (Phi) is 6.98. The molecule has 0 radical (unpaired) electrons. The molecule has 118 valence electrons. The summed E-state index contributed by atoms with van der Waals surface area (Å²) >= 11 is 0. The SMILES string of the molecule is C=CC=C.CC1CCC(C(=O)Nc2ccnc(C(N)=O)c2)O1. The second-order valence-corrected chi connectivity index (χ2v) is 4.77. The van der Waals surface area contributed by atoms with Gasteiger partial charge in [-0.15, -0.1) is 0 Å². The molecule has 1 saturated heterocycles. The van der Waals surface area contributed by atoms with Crippen molar-refractivity contribution in [3.8, 4) is 0 Å². The highest BCUT2D eigenvalue weighted by Crippen LogP contribution is 2.20. The summed E-state index contributed by atoms with van der Waals surface area (Å²) in [5, 5.41) is 2.69. The van der Waals surface area contributed by atoms with Crippen LogP contribution in [0.3, 0.4) is 0 Å². The maximum Gasteiger partial charge on any atom is 0.267 e. The minimum atomic E-state index is -0.628. The number of primary amides is 1. The Labute approximate surface area is 130 Å². The van der Waals surface area contributed by atoms with Gasteiger partial charge < -0.3 is 15.8 Å². The minimum Gasteiger partial charge on any atom is -0.365 e. The normalized spacial score (nSPS) is 19.5. The lowest BCUT2D eigenvalue weighted by Crippen LogP contribution is -2.28. The van der Waals surface area contributed by atoms with Gasteiger partial charge >= 0.3 is 0 Å². The molecule has 2 rings (SSSR count). The Balaban J connectivity index is 0.000000541. The number of nitrogens with zero attached hydrogens (tertiary/aromatic N) is 1. The van der Waals surface area contributed by atoms with Crippen LogP contribution in [-0.2, 0) is 9.53 Å². The number of pyridine rings is 1. The van der Waals surface area contributed by atoms with Crippen LogP contribution in [-0.4, -0.2) is 29.0 Å². The summed E-state index contributed by atoms with van der Waals surface area (Å²) < 4.78 is 5.45. The molecule has 0 bridgehead atoms. The molecular weight excluding hydrogens is 282 g/mol. The van der Waals surface area contributed by atoms with E-state index in [9.17, 15) is 9.59 Å². The molecule has 2 heterocycles. The number of nitrogens with two attached hydrogens (primary N) is 1. The molecule has 1 aromatic rings. The average molecular weight is 303 g/mol. The molecule has 1 aromatic heterocycles. The van der Waals surface area contributed by atoms with E-state index in [1.54, 1.807) is 18.2 Å². The van der Waals surface area contributed by atoms with Gasteiger partial charge in [0, 0.05) is 11.9 Å². The fourth-order valence-electron chi connectivity index (χ4n) is 1.86. The van der Waals surface area contributed by atoms with Crippen LogP contribution in [0.5, 0.6) is 0 Å². The van der Waals surface area contributed by atoms with Crippen molar-refractivity contribution >= 4 is 17.5 Å². The topological polar surface area (TPSA) is 94.3 Å². The molecule has 6 nitrogen and oxygen atoms in total. The Morgan fingerprint density at radius 1 is 1.41 bits per heavy atom. The van der Waals surface area contributed by atoms with E-state index >= 15 is 0 Å². The van der Waals surface area contributed by atoms with Gasteiger partial charge in [0.05, 0.1) is 6.10 Å². The van der Waals surface area contributed by atoms with Crippen LogP contribution >= 0.6 is 0 Å². The van der Waals surface area contributed by atoms with E-state index in [1.807, 2.05) is 6.92 Å². The summed E-state index contributed by atoms with van der Waals surface area (Å²) in [5.74, 6) is -0.835. The molecule has 0 aromatic carbocycles. The zero-order valence-corrected chi connectivity index (χ0v) is 12.6. The van der Waals surface area contributed by atoms with E-state index < -0.39 is 12.0 Å².